The van der Waals surface area contributed by atoms with E-state index in [2.05, 4.69) is 191 Å². The van der Waals surface area contributed by atoms with E-state index in [0.29, 0.717) is 0 Å². The number of nitrogens with zero attached hydrogens (tertiary/aromatic N) is 4. The Morgan fingerprint density at radius 2 is 0.852 bits per heavy atom. The molecule has 0 aliphatic heterocycles. The summed E-state index contributed by atoms with van der Waals surface area (Å²) in [5, 5.41) is 6.05. The molecule has 8 aromatic carbocycles. The van der Waals surface area contributed by atoms with Crippen molar-refractivity contribution in [1.29, 1.82) is 0 Å². The van der Waals surface area contributed by atoms with Gasteiger partial charge in [0.15, 0.2) is 0 Å². The van der Waals surface area contributed by atoms with Crippen LogP contribution in [0.4, 0.5) is 0 Å². The fraction of sp³-hybridized carbons (Fsp3) is 0. The Labute approximate surface area is 311 Å². The first-order chi connectivity index (χ1) is 26.8. The molecule has 11 rings (SSSR count). The third-order valence-corrected chi connectivity index (χ3v) is 10.7. The van der Waals surface area contributed by atoms with Crippen molar-refractivity contribution in [3.8, 4) is 45.1 Å². The molecule has 3 aromatic heterocycles. The molecule has 0 atom stereocenters. The molecule has 0 aliphatic rings. The van der Waals surface area contributed by atoms with Crippen molar-refractivity contribution >= 4 is 54.5 Å². The number of benzene rings is 8. The molecular weight excluding hydrogens is 657 g/mol. The number of pyridine rings is 1. The fourth-order valence-corrected chi connectivity index (χ4v) is 8.27. The quantitative estimate of drug-likeness (QED) is 0.169. The Morgan fingerprint density at radius 1 is 0.296 bits per heavy atom. The number of hydrogen-bond acceptors (Lipinski definition) is 2. The monoisotopic (exact) mass is 688 g/mol. The number of aromatic nitrogens is 4. The van der Waals surface area contributed by atoms with Crippen LogP contribution in [0, 0.1) is 0 Å². The minimum atomic E-state index is 0.938. The van der Waals surface area contributed by atoms with E-state index in [0.717, 1.165) is 61.5 Å². The fourth-order valence-electron chi connectivity index (χ4n) is 8.27. The van der Waals surface area contributed by atoms with E-state index in [1.807, 2.05) is 12.1 Å². The van der Waals surface area contributed by atoms with E-state index in [1.54, 1.807) is 0 Å². The molecule has 0 saturated heterocycles. The summed E-state index contributed by atoms with van der Waals surface area (Å²) in [6, 6.07) is 68.9. The molecule has 4 heteroatoms. The summed E-state index contributed by atoms with van der Waals surface area (Å²) < 4.78 is 4.66. The van der Waals surface area contributed by atoms with E-state index in [9.17, 15) is 0 Å². The van der Waals surface area contributed by atoms with Gasteiger partial charge in [0.05, 0.1) is 33.3 Å². The lowest BCUT2D eigenvalue weighted by molar-refractivity contribution is 1.10. The van der Waals surface area contributed by atoms with Crippen molar-refractivity contribution in [2.75, 3.05) is 0 Å². The number of imidazole rings is 1. The second-order valence-corrected chi connectivity index (χ2v) is 13.8. The largest absolute Gasteiger partial charge is 0.309 e. The van der Waals surface area contributed by atoms with Crippen molar-refractivity contribution in [3.63, 3.8) is 0 Å². The lowest BCUT2D eigenvalue weighted by atomic mass is 9.96. The summed E-state index contributed by atoms with van der Waals surface area (Å²) in [6.07, 6.45) is 0. The second-order valence-electron chi connectivity index (χ2n) is 13.8. The molecule has 0 spiro atoms. The summed E-state index contributed by atoms with van der Waals surface area (Å²) in [5.41, 5.74) is 13.2. The van der Waals surface area contributed by atoms with Gasteiger partial charge >= 0.3 is 0 Å². The third kappa shape index (κ3) is 4.70. The molecule has 0 unspecified atom stereocenters. The average molecular weight is 689 g/mol. The van der Waals surface area contributed by atoms with Crippen molar-refractivity contribution < 1.29 is 0 Å². The molecule has 54 heavy (non-hydrogen) atoms. The van der Waals surface area contributed by atoms with Gasteiger partial charge in [-0.15, -0.1) is 0 Å². The normalized spacial score (nSPS) is 11.7. The summed E-state index contributed by atoms with van der Waals surface area (Å²) in [7, 11) is 0. The second kappa shape index (κ2) is 12.1. The molecule has 4 nitrogen and oxygen atoms in total. The molecule has 0 saturated carbocycles. The highest BCUT2D eigenvalue weighted by Gasteiger charge is 2.20. The van der Waals surface area contributed by atoms with Gasteiger partial charge in [0, 0.05) is 49.4 Å². The Bertz CT molecular complexity index is 3170. The van der Waals surface area contributed by atoms with Crippen LogP contribution in [0.2, 0.25) is 0 Å². The predicted molar refractivity (Wildman–Crippen MR) is 225 cm³/mol. The zero-order valence-corrected chi connectivity index (χ0v) is 29.3. The van der Waals surface area contributed by atoms with Gasteiger partial charge in [0.2, 0.25) is 0 Å². The Hall–Kier alpha value is -7.30. The Morgan fingerprint density at radius 3 is 1.56 bits per heavy atom. The molecule has 0 amide bonds. The van der Waals surface area contributed by atoms with Gasteiger partial charge in [-0.1, -0.05) is 140 Å². The van der Waals surface area contributed by atoms with Gasteiger partial charge < -0.3 is 4.57 Å². The number of hydrogen-bond donors (Lipinski definition) is 0. The summed E-state index contributed by atoms with van der Waals surface area (Å²) in [4.78, 5) is 10.2. The molecular formula is C50H32N4. The van der Waals surface area contributed by atoms with Crippen LogP contribution >= 0.6 is 0 Å². The molecule has 3 heterocycles. The van der Waals surface area contributed by atoms with Gasteiger partial charge in [0.25, 0.3) is 0 Å². The smallest absolute Gasteiger partial charge is 0.145 e. The zero-order valence-electron chi connectivity index (χ0n) is 29.3. The molecule has 0 radical (unpaired) electrons. The third-order valence-electron chi connectivity index (χ3n) is 10.7. The topological polar surface area (TPSA) is 35.6 Å². The summed E-state index contributed by atoms with van der Waals surface area (Å²) >= 11 is 0. The van der Waals surface area contributed by atoms with E-state index in [4.69, 9.17) is 9.97 Å². The lowest BCUT2D eigenvalue weighted by Crippen LogP contribution is -1.97. The molecule has 11 aromatic rings. The molecule has 0 fully saturated rings. The van der Waals surface area contributed by atoms with Crippen LogP contribution < -0.4 is 0 Å². The molecule has 0 N–H and O–H groups in total. The molecule has 0 bridgehead atoms. The van der Waals surface area contributed by atoms with Gasteiger partial charge in [-0.05, 0) is 65.7 Å². The van der Waals surface area contributed by atoms with Crippen molar-refractivity contribution in [3.05, 3.63) is 194 Å². The van der Waals surface area contributed by atoms with Crippen LogP contribution in [-0.4, -0.2) is 19.1 Å². The van der Waals surface area contributed by atoms with Crippen LogP contribution in [0.15, 0.2) is 194 Å². The van der Waals surface area contributed by atoms with E-state index in [1.165, 1.54) is 38.1 Å². The van der Waals surface area contributed by atoms with E-state index >= 15 is 0 Å². The lowest BCUT2D eigenvalue weighted by Gasteiger charge is -2.13. The summed E-state index contributed by atoms with van der Waals surface area (Å²) in [6.45, 7) is 0. The van der Waals surface area contributed by atoms with Gasteiger partial charge in [0.1, 0.15) is 5.82 Å². The first kappa shape index (κ1) is 30.3. The predicted octanol–water partition coefficient (Wildman–Crippen LogP) is 12.8. The minimum Gasteiger partial charge on any atom is -0.309 e. The molecule has 0 aliphatic carbocycles. The molecule has 252 valence electrons. The van der Waals surface area contributed by atoms with Gasteiger partial charge in [-0.2, -0.15) is 0 Å². The van der Waals surface area contributed by atoms with Crippen LogP contribution in [0.5, 0.6) is 0 Å². The SMILES string of the molecule is c1ccc(-c2nc3ccccc3c3c2ccc2c3c3ccccc3n2-c2ccc(-c3ccc(-n4c(-c5ccccc5)nc5ccccc54)cc3)cc2)cc1. The zero-order chi connectivity index (χ0) is 35.6. The number of para-hydroxylation sites is 4. The van der Waals surface area contributed by atoms with Gasteiger partial charge in [-0.25, -0.2) is 9.97 Å². The van der Waals surface area contributed by atoms with E-state index in [-0.39, 0.29) is 0 Å². The van der Waals surface area contributed by atoms with Crippen LogP contribution in [-0.2, 0) is 0 Å². The van der Waals surface area contributed by atoms with Crippen LogP contribution in [0.1, 0.15) is 0 Å². The van der Waals surface area contributed by atoms with Crippen molar-refractivity contribution in [1.82, 2.24) is 19.1 Å². The van der Waals surface area contributed by atoms with Crippen molar-refractivity contribution in [2.24, 2.45) is 0 Å². The maximum Gasteiger partial charge on any atom is 0.145 e. The van der Waals surface area contributed by atoms with E-state index < -0.39 is 0 Å². The van der Waals surface area contributed by atoms with Crippen molar-refractivity contribution in [2.45, 2.75) is 0 Å². The minimum absolute atomic E-state index is 0.938. The summed E-state index contributed by atoms with van der Waals surface area (Å²) in [5.74, 6) is 0.938. The first-order valence-corrected chi connectivity index (χ1v) is 18.3. The van der Waals surface area contributed by atoms with Gasteiger partial charge in [-0.3, -0.25) is 4.57 Å². The first-order valence-electron chi connectivity index (χ1n) is 18.3. The number of rotatable bonds is 5. The van der Waals surface area contributed by atoms with Crippen LogP contribution in [0.25, 0.3) is 99.7 Å². The average Bonchev–Trinajstić information content (AvgIpc) is 3.81. The van der Waals surface area contributed by atoms with Crippen LogP contribution in [0.3, 0.4) is 0 Å². The Balaban J connectivity index is 1.03. The highest BCUT2D eigenvalue weighted by atomic mass is 15.1. The highest BCUT2D eigenvalue weighted by Crippen LogP contribution is 2.42. The number of fused-ring (bicyclic) bond motifs is 8. The maximum absolute atomic E-state index is 5.20. The maximum atomic E-state index is 5.20. The standard InChI is InChI=1S/C50H32N4/c1-3-13-35(14-4-1)49-41-31-32-46-48(47(41)39-17-7-9-19-42(39)51-49)40-18-8-11-21-44(40)53(46)37-27-23-33(24-28-37)34-25-29-38(30-26-34)54-45-22-12-10-20-43(45)52-50(54)36-15-5-2-6-16-36/h1-32H. The Kier molecular flexibility index (Phi) is 6.82. The highest BCUT2D eigenvalue weighted by molar-refractivity contribution is 6.29.